The van der Waals surface area contributed by atoms with Crippen LogP contribution in [-0.2, 0) is 9.47 Å². The van der Waals surface area contributed by atoms with Crippen LogP contribution in [0.25, 0.3) is 0 Å². The van der Waals surface area contributed by atoms with E-state index in [4.69, 9.17) is 14.2 Å². The number of methoxy groups -OCH3 is 2. The number of nitrogens with one attached hydrogen (secondary N) is 1. The molecule has 0 atom stereocenters. The van der Waals surface area contributed by atoms with E-state index in [0.717, 1.165) is 11.3 Å². The van der Waals surface area contributed by atoms with Gasteiger partial charge in [-0.25, -0.2) is 4.79 Å². The molecule has 2 amide bonds. The Labute approximate surface area is 126 Å². The van der Waals surface area contributed by atoms with Gasteiger partial charge in [0.15, 0.2) is 6.73 Å². The van der Waals surface area contributed by atoms with Crippen LogP contribution in [0.2, 0.25) is 0 Å². The zero-order valence-electron chi connectivity index (χ0n) is 12.9. The molecule has 118 valence electrons. The smallest absolute Gasteiger partial charge is 0.320 e. The van der Waals surface area contributed by atoms with Gasteiger partial charge >= 0.3 is 6.03 Å². The molecule has 0 aliphatic heterocycles. The molecule has 6 heteroatoms. The van der Waals surface area contributed by atoms with Crippen molar-refractivity contribution in [2.24, 2.45) is 0 Å². The summed E-state index contributed by atoms with van der Waals surface area (Å²) in [6.07, 6.45) is 0. The summed E-state index contributed by atoms with van der Waals surface area (Å²) in [6.45, 7) is 4.12. The molecule has 0 aliphatic carbocycles. The van der Waals surface area contributed by atoms with E-state index in [9.17, 15) is 4.79 Å². The maximum absolute atomic E-state index is 12.0. The molecular weight excluding hydrogens is 272 g/mol. The first kappa shape index (κ1) is 17.3. The Morgan fingerprint density at radius 2 is 1.67 bits per heavy atom. The number of carbonyl (C=O) groups is 1. The summed E-state index contributed by atoms with van der Waals surface area (Å²) in [5, 5.41) is 2.72. The van der Waals surface area contributed by atoms with Gasteiger partial charge in [-0.1, -0.05) is 17.7 Å². The summed E-state index contributed by atoms with van der Waals surface area (Å²) < 4.78 is 15.5. The highest BCUT2D eigenvalue weighted by Gasteiger charge is 2.12. The third kappa shape index (κ3) is 6.97. The largest absolute Gasteiger partial charge is 0.473 e. The number of nitrogens with zero attached hydrogens (tertiary/aromatic N) is 1. The van der Waals surface area contributed by atoms with Gasteiger partial charge in [-0.05, 0) is 19.1 Å². The van der Waals surface area contributed by atoms with E-state index < -0.39 is 0 Å². The molecule has 0 saturated heterocycles. The van der Waals surface area contributed by atoms with Gasteiger partial charge in [0.1, 0.15) is 5.75 Å². The first-order valence-electron chi connectivity index (χ1n) is 6.87. The quantitative estimate of drug-likeness (QED) is 0.704. The van der Waals surface area contributed by atoms with Crippen molar-refractivity contribution in [1.82, 2.24) is 10.2 Å². The highest BCUT2D eigenvalue weighted by atomic mass is 16.5. The van der Waals surface area contributed by atoms with Crippen molar-refractivity contribution in [3.63, 3.8) is 0 Å². The van der Waals surface area contributed by atoms with E-state index in [2.05, 4.69) is 5.32 Å². The lowest BCUT2D eigenvalue weighted by Crippen LogP contribution is -2.44. The molecule has 0 radical (unpaired) electrons. The normalized spacial score (nSPS) is 10.2. The number of ether oxygens (including phenoxy) is 3. The van der Waals surface area contributed by atoms with Gasteiger partial charge in [0.2, 0.25) is 0 Å². The third-order valence-corrected chi connectivity index (χ3v) is 2.90. The van der Waals surface area contributed by atoms with Crippen LogP contribution in [0.1, 0.15) is 5.56 Å². The number of amides is 2. The summed E-state index contributed by atoms with van der Waals surface area (Å²) in [7, 11) is 3.21. The fourth-order valence-corrected chi connectivity index (χ4v) is 1.65. The number of rotatable bonds is 9. The zero-order valence-corrected chi connectivity index (χ0v) is 12.9. The van der Waals surface area contributed by atoms with Crippen LogP contribution in [-0.4, -0.2) is 58.2 Å². The van der Waals surface area contributed by atoms with Crippen molar-refractivity contribution in [3.05, 3.63) is 29.8 Å². The topological polar surface area (TPSA) is 60.0 Å². The molecule has 1 aromatic carbocycles. The number of hydrogen-bond donors (Lipinski definition) is 1. The molecule has 0 spiro atoms. The van der Waals surface area contributed by atoms with Crippen LogP contribution in [0.15, 0.2) is 24.3 Å². The molecule has 0 aliphatic rings. The Kier molecular flexibility index (Phi) is 8.23. The van der Waals surface area contributed by atoms with Gasteiger partial charge in [-0.2, -0.15) is 0 Å². The van der Waals surface area contributed by atoms with Gasteiger partial charge in [0, 0.05) is 27.3 Å². The van der Waals surface area contributed by atoms with E-state index in [1.165, 1.54) is 0 Å². The Morgan fingerprint density at radius 1 is 1.10 bits per heavy atom. The Bertz CT molecular complexity index is 401. The fraction of sp³-hybridized carbons (Fsp3) is 0.533. The van der Waals surface area contributed by atoms with Crippen molar-refractivity contribution in [1.29, 1.82) is 0 Å². The Balaban J connectivity index is 2.35. The van der Waals surface area contributed by atoms with Crippen molar-refractivity contribution in [3.8, 4) is 5.75 Å². The second kappa shape index (κ2) is 10.0. The molecule has 0 unspecified atom stereocenters. The second-order valence-electron chi connectivity index (χ2n) is 4.56. The molecule has 1 aromatic rings. The van der Waals surface area contributed by atoms with Crippen LogP contribution in [0.4, 0.5) is 4.79 Å². The van der Waals surface area contributed by atoms with Gasteiger partial charge in [0.05, 0.1) is 13.2 Å². The number of benzene rings is 1. The van der Waals surface area contributed by atoms with Gasteiger partial charge in [-0.15, -0.1) is 0 Å². The van der Waals surface area contributed by atoms with Crippen LogP contribution in [0.3, 0.4) is 0 Å². The minimum Gasteiger partial charge on any atom is -0.473 e. The van der Waals surface area contributed by atoms with E-state index in [1.54, 1.807) is 19.1 Å². The molecule has 6 nitrogen and oxygen atoms in total. The van der Waals surface area contributed by atoms with Crippen molar-refractivity contribution in [2.45, 2.75) is 6.92 Å². The maximum Gasteiger partial charge on any atom is 0.320 e. The van der Waals surface area contributed by atoms with Gasteiger partial charge in [-0.3, -0.25) is 0 Å². The standard InChI is InChI=1S/C15H24N2O4/c1-13-4-6-14(7-5-13)21-12-16-15(18)17(8-10-19-2)9-11-20-3/h4-7H,8-12H2,1-3H3,(H,16,18). The SMILES string of the molecule is COCCN(CCOC)C(=O)NCOc1ccc(C)cc1. The average molecular weight is 296 g/mol. The Morgan fingerprint density at radius 3 is 2.19 bits per heavy atom. The lowest BCUT2D eigenvalue weighted by Gasteiger charge is -2.22. The summed E-state index contributed by atoms with van der Waals surface area (Å²) in [5.41, 5.74) is 1.16. The molecule has 0 saturated carbocycles. The number of hydrogen-bond acceptors (Lipinski definition) is 4. The number of urea groups is 1. The lowest BCUT2D eigenvalue weighted by atomic mass is 10.2. The molecule has 1 N–H and O–H groups in total. The minimum absolute atomic E-state index is 0.123. The third-order valence-electron chi connectivity index (χ3n) is 2.90. The predicted octanol–water partition coefficient (Wildman–Crippen LogP) is 1.64. The maximum atomic E-state index is 12.0. The molecule has 0 fully saturated rings. The van der Waals surface area contributed by atoms with E-state index >= 15 is 0 Å². The molecule has 0 bridgehead atoms. The Hall–Kier alpha value is -1.79. The highest BCUT2D eigenvalue weighted by Crippen LogP contribution is 2.10. The van der Waals surface area contributed by atoms with Crippen LogP contribution >= 0.6 is 0 Å². The summed E-state index contributed by atoms with van der Waals surface area (Å²) in [5.74, 6) is 0.723. The predicted molar refractivity (Wildman–Crippen MR) is 80.5 cm³/mol. The molecule has 0 heterocycles. The first-order valence-corrected chi connectivity index (χ1v) is 6.87. The highest BCUT2D eigenvalue weighted by molar-refractivity contribution is 5.74. The number of aryl methyl sites for hydroxylation is 1. The summed E-state index contributed by atoms with van der Waals surface area (Å²) in [4.78, 5) is 13.7. The van der Waals surface area contributed by atoms with E-state index in [-0.39, 0.29) is 12.8 Å². The number of carbonyl (C=O) groups excluding carboxylic acids is 1. The molecular formula is C15H24N2O4. The van der Waals surface area contributed by atoms with Crippen LogP contribution < -0.4 is 10.1 Å². The van der Waals surface area contributed by atoms with Crippen LogP contribution in [0.5, 0.6) is 5.75 Å². The van der Waals surface area contributed by atoms with Crippen molar-refractivity contribution >= 4 is 6.03 Å². The fourth-order valence-electron chi connectivity index (χ4n) is 1.65. The average Bonchev–Trinajstić information content (AvgIpc) is 2.49. The monoisotopic (exact) mass is 296 g/mol. The van der Waals surface area contributed by atoms with Crippen LogP contribution in [0, 0.1) is 6.92 Å². The second-order valence-corrected chi connectivity index (χ2v) is 4.56. The summed E-state index contributed by atoms with van der Waals surface area (Å²) in [6, 6.07) is 7.46. The van der Waals surface area contributed by atoms with Gasteiger partial charge < -0.3 is 24.4 Å². The van der Waals surface area contributed by atoms with E-state index in [1.807, 2.05) is 31.2 Å². The van der Waals surface area contributed by atoms with Crippen molar-refractivity contribution in [2.75, 3.05) is 47.3 Å². The van der Waals surface area contributed by atoms with Gasteiger partial charge in [0.25, 0.3) is 0 Å². The molecule has 0 aromatic heterocycles. The first-order chi connectivity index (χ1) is 10.2. The zero-order chi connectivity index (χ0) is 15.5. The minimum atomic E-state index is -0.198. The molecule has 21 heavy (non-hydrogen) atoms. The lowest BCUT2D eigenvalue weighted by molar-refractivity contribution is 0.119. The van der Waals surface area contributed by atoms with E-state index in [0.29, 0.717) is 26.3 Å². The van der Waals surface area contributed by atoms with Crippen molar-refractivity contribution < 1.29 is 19.0 Å². The summed E-state index contributed by atoms with van der Waals surface area (Å²) >= 11 is 0. The molecule has 1 rings (SSSR count).